The monoisotopic (exact) mass is 351 g/mol. The molecule has 1 aromatic rings. The van der Waals surface area contributed by atoms with Crippen molar-refractivity contribution in [3.63, 3.8) is 0 Å². The van der Waals surface area contributed by atoms with Crippen molar-refractivity contribution in [1.82, 2.24) is 4.90 Å². The molecule has 1 heterocycles. The summed E-state index contributed by atoms with van der Waals surface area (Å²) in [6.07, 6.45) is 13.1. The van der Waals surface area contributed by atoms with Gasteiger partial charge in [0.2, 0.25) is 0 Å². The van der Waals surface area contributed by atoms with Gasteiger partial charge in [-0.3, -0.25) is 4.90 Å². The van der Waals surface area contributed by atoms with Gasteiger partial charge in [-0.1, -0.05) is 68.7 Å². The zero-order valence-corrected chi connectivity index (χ0v) is 15.7. The minimum absolute atomic E-state index is 0.0112. The average Bonchev–Trinajstić information content (AvgIpc) is 3.08. The first kappa shape index (κ1) is 17.4. The zero-order chi connectivity index (χ0) is 17.9. The molecule has 0 radical (unpaired) electrons. The van der Waals surface area contributed by atoms with Gasteiger partial charge >= 0.3 is 6.09 Å². The number of rotatable bonds is 7. The number of hydrogen-bond acceptors (Lipinski definition) is 2. The van der Waals surface area contributed by atoms with Crippen LogP contribution >= 0.6 is 0 Å². The second-order valence-electron chi connectivity index (χ2n) is 7.77. The summed E-state index contributed by atoms with van der Waals surface area (Å²) in [4.78, 5) is 14.7. The van der Waals surface area contributed by atoms with Gasteiger partial charge in [0.05, 0.1) is 6.04 Å². The van der Waals surface area contributed by atoms with Crippen LogP contribution in [-0.4, -0.2) is 17.6 Å². The summed E-state index contributed by atoms with van der Waals surface area (Å²) in [6, 6.07) is 10.3. The molecular formula is C23H29NO2. The van der Waals surface area contributed by atoms with E-state index in [0.717, 1.165) is 12.8 Å². The molecule has 4 aliphatic rings. The number of nitrogens with zero attached hydrogens (tertiary/aromatic N) is 1. The fraction of sp³-hybridized carbons (Fsp3) is 0.522. The summed E-state index contributed by atoms with van der Waals surface area (Å²) in [6.45, 7) is 2.71. The van der Waals surface area contributed by atoms with E-state index in [2.05, 4.69) is 31.2 Å². The van der Waals surface area contributed by atoms with Crippen molar-refractivity contribution >= 4 is 6.09 Å². The molecular weight excluding hydrogens is 322 g/mol. The van der Waals surface area contributed by atoms with E-state index in [-0.39, 0.29) is 12.1 Å². The lowest BCUT2D eigenvalue weighted by Crippen LogP contribution is -2.36. The number of benzene rings is 1. The number of carbonyl (C=O) groups is 1. The zero-order valence-electron chi connectivity index (χ0n) is 15.7. The van der Waals surface area contributed by atoms with Gasteiger partial charge in [0.1, 0.15) is 6.61 Å². The first-order valence-electron chi connectivity index (χ1n) is 10.2. The molecule has 1 amide bonds. The maximum atomic E-state index is 12.7. The number of carbonyl (C=O) groups excluding carboxylic acids is 1. The molecule has 26 heavy (non-hydrogen) atoms. The first-order chi connectivity index (χ1) is 12.8. The maximum absolute atomic E-state index is 12.7. The Hall–Kier alpha value is -2.03. The topological polar surface area (TPSA) is 29.5 Å². The molecule has 3 nitrogen and oxygen atoms in total. The molecule has 3 atom stereocenters. The van der Waals surface area contributed by atoms with Gasteiger partial charge in [0.15, 0.2) is 0 Å². The van der Waals surface area contributed by atoms with Crippen molar-refractivity contribution in [2.24, 2.45) is 11.8 Å². The van der Waals surface area contributed by atoms with E-state index in [1.807, 2.05) is 23.1 Å². The molecule has 1 aromatic carbocycles. The largest absolute Gasteiger partial charge is 0.447 e. The van der Waals surface area contributed by atoms with Crippen LogP contribution in [-0.2, 0) is 4.74 Å². The van der Waals surface area contributed by atoms with Gasteiger partial charge in [-0.05, 0) is 42.7 Å². The van der Waals surface area contributed by atoms with Gasteiger partial charge in [-0.25, -0.2) is 4.79 Å². The molecule has 0 spiro atoms. The molecule has 0 aromatic heterocycles. The fourth-order valence-corrected chi connectivity index (χ4v) is 4.76. The molecule has 1 saturated heterocycles. The normalized spacial score (nSPS) is 27.3. The van der Waals surface area contributed by atoms with Crippen molar-refractivity contribution in [2.45, 2.75) is 57.9 Å². The Morgan fingerprint density at radius 1 is 1.04 bits per heavy atom. The lowest BCUT2D eigenvalue weighted by Gasteiger charge is -2.40. The Morgan fingerprint density at radius 3 is 2.54 bits per heavy atom. The molecule has 3 heteroatoms. The number of amides is 1. The van der Waals surface area contributed by atoms with Crippen molar-refractivity contribution < 1.29 is 9.53 Å². The summed E-state index contributed by atoms with van der Waals surface area (Å²) in [5, 5.41) is 0. The summed E-state index contributed by atoms with van der Waals surface area (Å²) in [7, 11) is 0. The van der Waals surface area contributed by atoms with E-state index >= 15 is 0 Å². The van der Waals surface area contributed by atoms with Crippen LogP contribution < -0.4 is 0 Å². The quantitative estimate of drug-likeness (QED) is 0.445. The molecule has 5 rings (SSSR count). The van der Waals surface area contributed by atoms with E-state index in [9.17, 15) is 4.79 Å². The van der Waals surface area contributed by atoms with Crippen molar-refractivity contribution in [3.05, 3.63) is 59.3 Å². The van der Waals surface area contributed by atoms with E-state index < -0.39 is 0 Å². The van der Waals surface area contributed by atoms with Gasteiger partial charge in [0.25, 0.3) is 0 Å². The Kier molecular flexibility index (Phi) is 5.14. The van der Waals surface area contributed by atoms with Gasteiger partial charge in [-0.15, -0.1) is 0 Å². The molecule has 1 aliphatic heterocycles. The summed E-state index contributed by atoms with van der Waals surface area (Å²) in [5.74, 6) is 0.888. The molecule has 3 aliphatic carbocycles. The Morgan fingerprint density at radius 2 is 1.81 bits per heavy atom. The van der Waals surface area contributed by atoms with E-state index in [1.54, 1.807) is 0 Å². The average molecular weight is 351 g/mol. The molecule has 0 unspecified atom stereocenters. The summed E-state index contributed by atoms with van der Waals surface area (Å²) in [5.41, 5.74) is 3.93. The van der Waals surface area contributed by atoms with Crippen LogP contribution in [0, 0.1) is 11.8 Å². The predicted molar refractivity (Wildman–Crippen MR) is 104 cm³/mol. The molecule has 138 valence electrons. The van der Waals surface area contributed by atoms with Crippen LogP contribution in [0.4, 0.5) is 4.79 Å². The van der Waals surface area contributed by atoms with E-state index in [4.69, 9.17) is 4.74 Å². The SMILES string of the molecule is CCCCCCC1=C(N2C(=O)OC[C@H]2c2ccccc2)[C@@H]2C=C[C@H]1CC2. The number of cyclic esters (lactones) is 1. The summed E-state index contributed by atoms with van der Waals surface area (Å²) < 4.78 is 5.51. The smallest absolute Gasteiger partial charge is 0.414 e. The number of fused-ring (bicyclic) bond motifs is 1. The highest BCUT2D eigenvalue weighted by atomic mass is 16.6. The van der Waals surface area contributed by atoms with Gasteiger partial charge in [0, 0.05) is 11.6 Å². The lowest BCUT2D eigenvalue weighted by atomic mass is 9.72. The van der Waals surface area contributed by atoms with Crippen LogP contribution in [0.25, 0.3) is 0 Å². The molecule has 2 bridgehead atoms. The third-order valence-corrected chi connectivity index (χ3v) is 6.11. The third-order valence-electron chi connectivity index (χ3n) is 6.11. The summed E-state index contributed by atoms with van der Waals surface area (Å²) >= 11 is 0. The number of ether oxygens (including phenoxy) is 1. The first-order valence-corrected chi connectivity index (χ1v) is 10.2. The third kappa shape index (κ3) is 3.20. The highest BCUT2D eigenvalue weighted by Gasteiger charge is 2.43. The van der Waals surface area contributed by atoms with Crippen molar-refractivity contribution in [2.75, 3.05) is 6.61 Å². The molecule has 0 saturated carbocycles. The van der Waals surface area contributed by atoms with Gasteiger partial charge < -0.3 is 4.74 Å². The standard InChI is InChI=1S/C23H29NO2/c1-2-3-4-8-11-20-17-12-14-19(15-13-17)22(20)24-21(16-26-23(24)25)18-9-6-5-7-10-18/h5-7,9-10,12,14,17,19,21H,2-4,8,11,13,15-16H2,1H3/t17-,19+,21-/m0/s1. The predicted octanol–water partition coefficient (Wildman–Crippen LogP) is 6.00. The van der Waals surface area contributed by atoms with Crippen LogP contribution in [0.3, 0.4) is 0 Å². The minimum atomic E-state index is -0.166. The second kappa shape index (κ2) is 7.69. The minimum Gasteiger partial charge on any atom is -0.447 e. The van der Waals surface area contributed by atoms with Crippen LogP contribution in [0.5, 0.6) is 0 Å². The van der Waals surface area contributed by atoms with Crippen LogP contribution in [0.1, 0.15) is 63.5 Å². The highest BCUT2D eigenvalue weighted by Crippen LogP contribution is 2.47. The Bertz CT molecular complexity index is 706. The number of allylic oxidation sites excluding steroid dienone is 3. The second-order valence-corrected chi connectivity index (χ2v) is 7.77. The number of unbranched alkanes of at least 4 members (excludes halogenated alkanes) is 3. The van der Waals surface area contributed by atoms with Gasteiger partial charge in [-0.2, -0.15) is 0 Å². The number of hydrogen-bond donors (Lipinski definition) is 0. The van der Waals surface area contributed by atoms with Crippen LogP contribution in [0.2, 0.25) is 0 Å². The molecule has 1 fully saturated rings. The highest BCUT2D eigenvalue weighted by molar-refractivity contribution is 5.74. The van der Waals surface area contributed by atoms with Crippen LogP contribution in [0.15, 0.2) is 53.8 Å². The van der Waals surface area contributed by atoms with Crippen molar-refractivity contribution in [1.29, 1.82) is 0 Å². The fourth-order valence-electron chi connectivity index (χ4n) is 4.76. The maximum Gasteiger partial charge on any atom is 0.414 e. The molecule has 0 N–H and O–H groups in total. The Labute approximate surface area is 156 Å². The van der Waals surface area contributed by atoms with E-state index in [1.165, 1.54) is 48.9 Å². The lowest BCUT2D eigenvalue weighted by molar-refractivity contribution is 0.160. The van der Waals surface area contributed by atoms with E-state index in [0.29, 0.717) is 18.4 Å². The Balaban J connectivity index is 1.65. The van der Waals surface area contributed by atoms with Crippen molar-refractivity contribution in [3.8, 4) is 0 Å².